The van der Waals surface area contributed by atoms with Crippen LogP contribution in [0.1, 0.15) is 35.8 Å². The van der Waals surface area contributed by atoms with Crippen molar-refractivity contribution in [3.05, 3.63) is 53.2 Å². The van der Waals surface area contributed by atoms with E-state index in [2.05, 4.69) is 32.5 Å². The molecule has 2 aromatic heterocycles. The first-order valence-electron chi connectivity index (χ1n) is 7.53. The van der Waals surface area contributed by atoms with Crippen molar-refractivity contribution in [3.8, 4) is 5.69 Å². The van der Waals surface area contributed by atoms with Gasteiger partial charge in [-0.3, -0.25) is 4.90 Å². The molecule has 7 nitrogen and oxygen atoms in total. The van der Waals surface area contributed by atoms with Gasteiger partial charge in [-0.25, -0.2) is 0 Å². The van der Waals surface area contributed by atoms with Gasteiger partial charge in [-0.1, -0.05) is 23.4 Å². The molecule has 120 valence electrons. The number of rotatable bonds is 5. The smallest absolute Gasteiger partial charge is 0.173 e. The van der Waals surface area contributed by atoms with Crippen LogP contribution in [0.2, 0.25) is 0 Å². The summed E-state index contributed by atoms with van der Waals surface area (Å²) in [6, 6.07) is 9.93. The molecule has 0 saturated heterocycles. The molecule has 0 unspecified atom stereocenters. The molecule has 0 aliphatic rings. The first-order valence-corrected chi connectivity index (χ1v) is 7.53. The Morgan fingerprint density at radius 2 is 1.96 bits per heavy atom. The monoisotopic (exact) mass is 312 g/mol. The molecule has 3 rings (SSSR count). The maximum atomic E-state index is 5.24. The van der Waals surface area contributed by atoms with Crippen LogP contribution in [0.4, 0.5) is 0 Å². The van der Waals surface area contributed by atoms with Gasteiger partial charge >= 0.3 is 0 Å². The van der Waals surface area contributed by atoms with Crippen LogP contribution in [-0.2, 0) is 6.54 Å². The van der Waals surface area contributed by atoms with Crippen molar-refractivity contribution in [2.24, 2.45) is 0 Å². The molecule has 1 aromatic carbocycles. The highest BCUT2D eigenvalue weighted by Crippen LogP contribution is 2.22. The predicted molar refractivity (Wildman–Crippen MR) is 85.0 cm³/mol. The van der Waals surface area contributed by atoms with Gasteiger partial charge in [0.2, 0.25) is 0 Å². The highest BCUT2D eigenvalue weighted by atomic mass is 16.5. The minimum Gasteiger partial charge on any atom is -0.361 e. The number of aromatic nitrogens is 5. The van der Waals surface area contributed by atoms with Gasteiger partial charge in [-0.2, -0.15) is 4.68 Å². The lowest BCUT2D eigenvalue weighted by molar-refractivity contribution is 0.239. The lowest BCUT2D eigenvalue weighted by atomic mass is 10.1. The van der Waals surface area contributed by atoms with Crippen molar-refractivity contribution in [1.82, 2.24) is 30.3 Å². The number of para-hydroxylation sites is 1. The Bertz CT molecular complexity index is 759. The Kier molecular flexibility index (Phi) is 4.20. The maximum absolute atomic E-state index is 5.24. The minimum atomic E-state index is 0.0407. The molecular formula is C16H20N6O. The van der Waals surface area contributed by atoms with Gasteiger partial charge < -0.3 is 4.52 Å². The van der Waals surface area contributed by atoms with Gasteiger partial charge in [0.25, 0.3) is 0 Å². The predicted octanol–water partition coefficient (Wildman–Crippen LogP) is 2.46. The second kappa shape index (κ2) is 6.29. The Hall–Kier alpha value is -2.54. The summed E-state index contributed by atoms with van der Waals surface area (Å²) in [5, 5.41) is 16.2. The average molecular weight is 312 g/mol. The van der Waals surface area contributed by atoms with Crippen molar-refractivity contribution in [2.75, 3.05) is 7.05 Å². The lowest BCUT2D eigenvalue weighted by Gasteiger charge is -2.23. The molecule has 2 heterocycles. The summed E-state index contributed by atoms with van der Waals surface area (Å²) in [6.45, 7) is 6.70. The number of hydrogen-bond acceptors (Lipinski definition) is 6. The van der Waals surface area contributed by atoms with E-state index in [1.165, 1.54) is 0 Å². The van der Waals surface area contributed by atoms with Crippen molar-refractivity contribution in [3.63, 3.8) is 0 Å². The lowest BCUT2D eigenvalue weighted by Crippen LogP contribution is -2.25. The molecular weight excluding hydrogens is 292 g/mol. The first kappa shape index (κ1) is 15.4. The van der Waals surface area contributed by atoms with Gasteiger partial charge in [0.05, 0.1) is 17.4 Å². The zero-order chi connectivity index (χ0) is 16.4. The Labute approximate surface area is 134 Å². The van der Waals surface area contributed by atoms with E-state index in [0.717, 1.165) is 35.1 Å². The highest BCUT2D eigenvalue weighted by Gasteiger charge is 2.22. The number of benzene rings is 1. The van der Waals surface area contributed by atoms with E-state index in [0.29, 0.717) is 0 Å². The van der Waals surface area contributed by atoms with E-state index in [1.807, 2.05) is 51.2 Å². The Balaban J connectivity index is 1.84. The third kappa shape index (κ3) is 3.00. The molecule has 0 fully saturated rings. The molecule has 0 spiro atoms. The van der Waals surface area contributed by atoms with E-state index in [1.54, 1.807) is 4.68 Å². The van der Waals surface area contributed by atoms with Crippen LogP contribution >= 0.6 is 0 Å². The molecule has 7 heteroatoms. The minimum absolute atomic E-state index is 0.0407. The summed E-state index contributed by atoms with van der Waals surface area (Å²) in [6.07, 6.45) is 0. The van der Waals surface area contributed by atoms with Gasteiger partial charge in [-0.05, 0) is 50.4 Å². The van der Waals surface area contributed by atoms with Crippen LogP contribution in [0.3, 0.4) is 0 Å². The topological polar surface area (TPSA) is 72.9 Å². The van der Waals surface area contributed by atoms with E-state index in [9.17, 15) is 0 Å². The van der Waals surface area contributed by atoms with Crippen LogP contribution < -0.4 is 0 Å². The van der Waals surface area contributed by atoms with Crippen molar-refractivity contribution in [2.45, 2.75) is 33.4 Å². The van der Waals surface area contributed by atoms with Crippen molar-refractivity contribution < 1.29 is 4.52 Å². The summed E-state index contributed by atoms with van der Waals surface area (Å²) in [7, 11) is 2.04. The van der Waals surface area contributed by atoms with E-state index >= 15 is 0 Å². The summed E-state index contributed by atoms with van der Waals surface area (Å²) in [5.74, 6) is 1.65. The molecule has 0 radical (unpaired) electrons. The van der Waals surface area contributed by atoms with Crippen LogP contribution in [0.5, 0.6) is 0 Å². The van der Waals surface area contributed by atoms with E-state index in [4.69, 9.17) is 4.52 Å². The van der Waals surface area contributed by atoms with Crippen molar-refractivity contribution in [1.29, 1.82) is 0 Å². The fourth-order valence-corrected chi connectivity index (χ4v) is 2.52. The average Bonchev–Trinajstić information content (AvgIpc) is 3.17. The number of nitrogens with zero attached hydrogens (tertiary/aromatic N) is 6. The second-order valence-corrected chi connectivity index (χ2v) is 5.68. The third-order valence-electron chi connectivity index (χ3n) is 4.12. The molecule has 0 aliphatic carbocycles. The zero-order valence-electron chi connectivity index (χ0n) is 13.8. The standard InChI is InChI=1S/C16H20N6O/c1-11-15(13(3)23-18-11)10-21(4)12(2)16-17-19-20-22(16)14-8-6-5-7-9-14/h5-9,12H,10H2,1-4H3/t12-/m1/s1. The Morgan fingerprint density at radius 1 is 1.22 bits per heavy atom. The van der Waals surface area contributed by atoms with Crippen molar-refractivity contribution >= 4 is 0 Å². The molecule has 3 aromatic rings. The summed E-state index contributed by atoms with van der Waals surface area (Å²) in [4.78, 5) is 2.18. The summed E-state index contributed by atoms with van der Waals surface area (Å²) < 4.78 is 7.01. The summed E-state index contributed by atoms with van der Waals surface area (Å²) >= 11 is 0. The summed E-state index contributed by atoms with van der Waals surface area (Å²) in [5.41, 5.74) is 2.98. The van der Waals surface area contributed by atoms with Gasteiger partial charge in [0.1, 0.15) is 5.76 Å². The number of tetrazole rings is 1. The van der Waals surface area contributed by atoms with Gasteiger partial charge in [0.15, 0.2) is 5.82 Å². The third-order valence-corrected chi connectivity index (χ3v) is 4.12. The molecule has 1 atom stereocenters. The second-order valence-electron chi connectivity index (χ2n) is 5.68. The molecule has 0 amide bonds. The van der Waals surface area contributed by atoms with Crippen LogP contribution in [-0.4, -0.2) is 37.3 Å². The molecule has 23 heavy (non-hydrogen) atoms. The van der Waals surface area contributed by atoms with Gasteiger partial charge in [0, 0.05) is 12.1 Å². The van der Waals surface area contributed by atoms with Crippen LogP contribution in [0, 0.1) is 13.8 Å². The molecule has 0 saturated carbocycles. The fraction of sp³-hybridized carbons (Fsp3) is 0.375. The van der Waals surface area contributed by atoms with Gasteiger partial charge in [-0.15, -0.1) is 5.10 Å². The zero-order valence-corrected chi connectivity index (χ0v) is 13.8. The fourth-order valence-electron chi connectivity index (χ4n) is 2.52. The Morgan fingerprint density at radius 3 is 2.61 bits per heavy atom. The highest BCUT2D eigenvalue weighted by molar-refractivity contribution is 5.31. The first-order chi connectivity index (χ1) is 11.1. The van der Waals surface area contributed by atoms with Crippen LogP contribution in [0.15, 0.2) is 34.9 Å². The molecule has 0 N–H and O–H groups in total. The normalized spacial score (nSPS) is 12.7. The molecule has 0 bridgehead atoms. The largest absolute Gasteiger partial charge is 0.361 e. The SMILES string of the molecule is Cc1noc(C)c1CN(C)[C@H](C)c1nnnn1-c1ccccc1. The van der Waals surface area contributed by atoms with E-state index in [-0.39, 0.29) is 6.04 Å². The van der Waals surface area contributed by atoms with Crippen LogP contribution in [0.25, 0.3) is 5.69 Å². The number of hydrogen-bond donors (Lipinski definition) is 0. The number of aryl methyl sites for hydroxylation is 2. The maximum Gasteiger partial charge on any atom is 0.173 e. The quantitative estimate of drug-likeness (QED) is 0.720. The molecule has 0 aliphatic heterocycles. The van der Waals surface area contributed by atoms with E-state index < -0.39 is 0 Å².